The van der Waals surface area contributed by atoms with Gasteiger partial charge < -0.3 is 5.73 Å². The smallest absolute Gasteiger partial charge is 0.282 e. The van der Waals surface area contributed by atoms with Gasteiger partial charge in [-0.3, -0.25) is 0 Å². The van der Waals surface area contributed by atoms with Crippen LogP contribution >= 0.6 is 11.8 Å². The maximum Gasteiger partial charge on any atom is 0.282 e. The van der Waals surface area contributed by atoms with Crippen molar-refractivity contribution in [1.29, 1.82) is 0 Å². The minimum Gasteiger partial charge on any atom is -0.330 e. The van der Waals surface area contributed by atoms with Crippen molar-refractivity contribution in [3.8, 4) is 0 Å². The van der Waals surface area contributed by atoms with Gasteiger partial charge in [0.25, 0.3) is 10.2 Å². The van der Waals surface area contributed by atoms with Crippen LogP contribution in [0.25, 0.3) is 0 Å². The van der Waals surface area contributed by atoms with Gasteiger partial charge >= 0.3 is 0 Å². The largest absolute Gasteiger partial charge is 0.330 e. The minimum absolute atomic E-state index is 0.0547. The first-order valence-corrected chi connectivity index (χ1v) is 8.40. The van der Waals surface area contributed by atoms with Crippen molar-refractivity contribution in [3.63, 3.8) is 0 Å². The first-order valence-electron chi connectivity index (χ1n) is 5.96. The molecule has 0 saturated carbocycles. The highest BCUT2D eigenvalue weighted by atomic mass is 32.2. The quantitative estimate of drug-likeness (QED) is 0.789. The average molecular weight is 281 g/mol. The summed E-state index contributed by atoms with van der Waals surface area (Å²) in [4.78, 5) is 0. The van der Waals surface area contributed by atoms with Gasteiger partial charge in [-0.2, -0.15) is 28.8 Å². The molecule has 0 aliphatic carbocycles. The Bertz CT molecular complexity index is 334. The van der Waals surface area contributed by atoms with Crippen LogP contribution in [0.2, 0.25) is 0 Å². The van der Waals surface area contributed by atoms with E-state index in [2.05, 4.69) is 6.92 Å². The summed E-state index contributed by atoms with van der Waals surface area (Å²) in [6.45, 7) is 5.67. The predicted molar refractivity (Wildman–Crippen MR) is 73.3 cm³/mol. The fraction of sp³-hybridized carbons (Fsp3) is 1.00. The van der Waals surface area contributed by atoms with Crippen LogP contribution in [0.1, 0.15) is 20.3 Å². The average Bonchev–Trinajstić information content (AvgIpc) is 2.29. The summed E-state index contributed by atoms with van der Waals surface area (Å²) in [7, 11) is -1.69. The lowest BCUT2D eigenvalue weighted by molar-refractivity contribution is 0.307. The Balaban J connectivity index is 2.74. The molecule has 0 aromatic heterocycles. The standard InChI is InChI=1S/C10H23N3O2S2/c1-9-10(2)16-8-7-13(9)17(14,15)12(3)6-4-5-11/h9-10H,4-8,11H2,1-3H3. The lowest BCUT2D eigenvalue weighted by atomic mass is 10.2. The van der Waals surface area contributed by atoms with Crippen molar-refractivity contribution in [3.05, 3.63) is 0 Å². The lowest BCUT2D eigenvalue weighted by Gasteiger charge is -2.38. The molecule has 1 rings (SSSR count). The van der Waals surface area contributed by atoms with Crippen molar-refractivity contribution in [2.75, 3.05) is 32.4 Å². The third-order valence-corrected chi connectivity index (χ3v) is 6.61. The van der Waals surface area contributed by atoms with Crippen LogP contribution in [0, 0.1) is 0 Å². The molecule has 0 aromatic carbocycles. The van der Waals surface area contributed by atoms with E-state index in [1.54, 1.807) is 11.4 Å². The molecular formula is C10H23N3O2S2. The molecule has 1 fully saturated rings. The number of nitrogens with zero attached hydrogens (tertiary/aromatic N) is 2. The topological polar surface area (TPSA) is 66.6 Å². The number of rotatable bonds is 5. The van der Waals surface area contributed by atoms with Crippen molar-refractivity contribution in [2.45, 2.75) is 31.6 Å². The summed E-state index contributed by atoms with van der Waals surface area (Å²) < 4.78 is 27.7. The molecule has 7 heteroatoms. The van der Waals surface area contributed by atoms with E-state index in [0.29, 0.717) is 31.3 Å². The molecule has 1 saturated heterocycles. The first kappa shape index (κ1) is 15.2. The monoisotopic (exact) mass is 281 g/mol. The Morgan fingerprint density at radius 1 is 1.47 bits per heavy atom. The molecule has 102 valence electrons. The SMILES string of the molecule is CC1SCCN(S(=O)(=O)N(C)CCCN)C1C. The van der Waals surface area contributed by atoms with Crippen LogP contribution in [-0.4, -0.2) is 60.8 Å². The Morgan fingerprint density at radius 3 is 2.71 bits per heavy atom. The van der Waals surface area contributed by atoms with E-state index in [1.807, 2.05) is 18.7 Å². The van der Waals surface area contributed by atoms with E-state index in [9.17, 15) is 8.42 Å². The van der Waals surface area contributed by atoms with Gasteiger partial charge in [-0.1, -0.05) is 6.92 Å². The molecule has 0 amide bonds. The van der Waals surface area contributed by atoms with Gasteiger partial charge in [0, 0.05) is 37.2 Å². The van der Waals surface area contributed by atoms with Gasteiger partial charge in [-0.15, -0.1) is 0 Å². The van der Waals surface area contributed by atoms with Crippen LogP contribution < -0.4 is 5.73 Å². The van der Waals surface area contributed by atoms with Gasteiger partial charge in [0.15, 0.2) is 0 Å². The molecule has 2 atom stereocenters. The number of hydrogen-bond donors (Lipinski definition) is 1. The summed E-state index contributed by atoms with van der Waals surface area (Å²) in [6, 6.07) is 0.0547. The second-order valence-corrected chi connectivity index (χ2v) is 7.87. The van der Waals surface area contributed by atoms with E-state index < -0.39 is 10.2 Å². The third kappa shape index (κ3) is 3.57. The maximum absolute atomic E-state index is 12.3. The Kier molecular flexibility index (Phi) is 5.72. The van der Waals surface area contributed by atoms with Crippen LogP contribution in [0.5, 0.6) is 0 Å². The molecule has 1 aliphatic rings. The highest BCUT2D eigenvalue weighted by molar-refractivity contribution is 8.00. The molecule has 1 heterocycles. The van der Waals surface area contributed by atoms with Crippen molar-refractivity contribution < 1.29 is 8.42 Å². The fourth-order valence-electron chi connectivity index (χ4n) is 1.84. The molecule has 1 aliphatic heterocycles. The first-order chi connectivity index (χ1) is 7.91. The van der Waals surface area contributed by atoms with Crippen LogP contribution in [0.15, 0.2) is 0 Å². The van der Waals surface area contributed by atoms with Gasteiger partial charge in [-0.05, 0) is 19.9 Å². The molecule has 0 radical (unpaired) electrons. The fourth-order valence-corrected chi connectivity index (χ4v) is 4.77. The number of thioether (sulfide) groups is 1. The van der Waals surface area contributed by atoms with E-state index in [0.717, 1.165) is 5.75 Å². The van der Waals surface area contributed by atoms with Gasteiger partial charge in [-0.25, -0.2) is 0 Å². The molecule has 0 spiro atoms. The predicted octanol–water partition coefficient (Wildman–Crippen LogP) is 0.338. The molecule has 0 bridgehead atoms. The van der Waals surface area contributed by atoms with Gasteiger partial charge in [0.05, 0.1) is 0 Å². The Labute approximate surface area is 109 Å². The highest BCUT2D eigenvalue weighted by Gasteiger charge is 2.35. The Hall–Kier alpha value is 0.180. The van der Waals surface area contributed by atoms with Crippen molar-refractivity contribution in [2.24, 2.45) is 5.73 Å². The zero-order valence-corrected chi connectivity index (χ0v) is 12.4. The van der Waals surface area contributed by atoms with Crippen LogP contribution in [0.4, 0.5) is 0 Å². The minimum atomic E-state index is -3.32. The van der Waals surface area contributed by atoms with E-state index in [1.165, 1.54) is 4.31 Å². The molecule has 17 heavy (non-hydrogen) atoms. The van der Waals surface area contributed by atoms with Gasteiger partial charge in [0.1, 0.15) is 0 Å². The second kappa shape index (κ2) is 6.38. The summed E-state index contributed by atoms with van der Waals surface area (Å²) in [6.07, 6.45) is 0.697. The summed E-state index contributed by atoms with van der Waals surface area (Å²) >= 11 is 1.83. The van der Waals surface area contributed by atoms with Crippen molar-refractivity contribution in [1.82, 2.24) is 8.61 Å². The van der Waals surface area contributed by atoms with E-state index in [4.69, 9.17) is 5.73 Å². The zero-order valence-electron chi connectivity index (χ0n) is 10.8. The normalized spacial score (nSPS) is 27.6. The summed E-state index contributed by atoms with van der Waals surface area (Å²) in [5, 5.41) is 0.349. The van der Waals surface area contributed by atoms with E-state index in [-0.39, 0.29) is 6.04 Å². The Morgan fingerprint density at radius 2 is 2.12 bits per heavy atom. The number of nitrogens with two attached hydrogens (primary N) is 1. The van der Waals surface area contributed by atoms with Crippen molar-refractivity contribution >= 4 is 22.0 Å². The second-order valence-electron chi connectivity index (χ2n) is 4.40. The molecule has 2 unspecified atom stereocenters. The van der Waals surface area contributed by atoms with Gasteiger partial charge in [0.2, 0.25) is 0 Å². The van der Waals surface area contributed by atoms with Crippen LogP contribution in [-0.2, 0) is 10.2 Å². The number of hydrogen-bond acceptors (Lipinski definition) is 4. The lowest BCUT2D eigenvalue weighted by Crippen LogP contribution is -2.52. The molecular weight excluding hydrogens is 258 g/mol. The highest BCUT2D eigenvalue weighted by Crippen LogP contribution is 2.27. The zero-order chi connectivity index (χ0) is 13.1. The van der Waals surface area contributed by atoms with Crippen LogP contribution in [0.3, 0.4) is 0 Å². The molecule has 0 aromatic rings. The molecule has 5 nitrogen and oxygen atoms in total. The van der Waals surface area contributed by atoms with E-state index >= 15 is 0 Å². The molecule has 2 N–H and O–H groups in total. The summed E-state index contributed by atoms with van der Waals surface area (Å²) in [5.41, 5.74) is 5.41. The maximum atomic E-state index is 12.3. The third-order valence-electron chi connectivity index (χ3n) is 3.19. The summed E-state index contributed by atoms with van der Waals surface area (Å²) in [5.74, 6) is 0.871.